The van der Waals surface area contributed by atoms with Crippen LogP contribution in [0.2, 0.25) is 0 Å². The molecular weight excluding hydrogens is 463 g/mol. The molecule has 1 aliphatic rings. The summed E-state index contributed by atoms with van der Waals surface area (Å²) in [5.74, 6) is 0.493. The summed E-state index contributed by atoms with van der Waals surface area (Å²) >= 11 is 5.27. The van der Waals surface area contributed by atoms with Gasteiger partial charge in [-0.05, 0) is 61.1 Å². The zero-order valence-electron chi connectivity index (χ0n) is 17.9. The number of hydrogen-bond acceptors (Lipinski definition) is 3. The number of alkyl halides is 3. The third kappa shape index (κ3) is 5.20. The van der Waals surface area contributed by atoms with Crippen molar-refractivity contribution in [3.8, 4) is 11.5 Å². The van der Waals surface area contributed by atoms with Crippen molar-refractivity contribution in [2.45, 2.75) is 19.1 Å². The molecule has 1 aliphatic heterocycles. The topological polar surface area (TPSA) is 62.4 Å². The van der Waals surface area contributed by atoms with Gasteiger partial charge in [-0.3, -0.25) is 4.79 Å². The van der Waals surface area contributed by atoms with Crippen LogP contribution in [0.5, 0.6) is 11.5 Å². The van der Waals surface area contributed by atoms with E-state index in [2.05, 4.69) is 16.0 Å². The third-order valence-corrected chi connectivity index (χ3v) is 5.38. The summed E-state index contributed by atoms with van der Waals surface area (Å²) in [7, 11) is 0. The second-order valence-corrected chi connectivity index (χ2v) is 7.96. The number of rotatable bonds is 5. The average molecular weight is 484 g/mol. The summed E-state index contributed by atoms with van der Waals surface area (Å²) in [4.78, 5) is 13.2. The summed E-state index contributed by atoms with van der Waals surface area (Å²) < 4.78 is 46.1. The first-order valence-electron chi connectivity index (χ1n) is 10.3. The molecular formula is C25H20F3N3O2S. The van der Waals surface area contributed by atoms with Crippen molar-refractivity contribution >= 4 is 28.9 Å². The van der Waals surface area contributed by atoms with Gasteiger partial charge in [0.2, 0.25) is 0 Å². The standard InChI is InChI=1S/C25H20F3N3O2S/c1-15-21(23(32)30-20-13-6-5-12-19(20)25(26,27)28)22(31-24(34)29-15)16-8-7-11-18(14-16)33-17-9-3-2-4-10-17/h2-14,22H,1H3,(H,30,32)(H2,29,31,34)/t22-/m0/s1. The maximum Gasteiger partial charge on any atom is 0.418 e. The molecule has 0 spiro atoms. The van der Waals surface area contributed by atoms with Gasteiger partial charge in [0.05, 0.1) is 22.9 Å². The first-order valence-corrected chi connectivity index (χ1v) is 10.7. The Morgan fingerprint density at radius 1 is 0.971 bits per heavy atom. The average Bonchev–Trinajstić information content (AvgIpc) is 2.79. The van der Waals surface area contributed by atoms with E-state index in [0.717, 1.165) is 6.07 Å². The van der Waals surface area contributed by atoms with E-state index < -0.39 is 23.7 Å². The Labute approximate surface area is 199 Å². The molecule has 3 N–H and O–H groups in total. The smallest absolute Gasteiger partial charge is 0.418 e. The molecule has 4 rings (SSSR count). The highest BCUT2D eigenvalue weighted by atomic mass is 32.1. The fraction of sp³-hybridized carbons (Fsp3) is 0.120. The molecule has 0 saturated carbocycles. The van der Waals surface area contributed by atoms with E-state index in [9.17, 15) is 18.0 Å². The molecule has 0 radical (unpaired) electrons. The zero-order chi connectivity index (χ0) is 24.3. The van der Waals surface area contributed by atoms with Gasteiger partial charge in [-0.25, -0.2) is 0 Å². The molecule has 0 unspecified atom stereocenters. The maximum atomic E-state index is 13.4. The van der Waals surface area contributed by atoms with Crippen molar-refractivity contribution in [2.24, 2.45) is 0 Å². The summed E-state index contributed by atoms with van der Waals surface area (Å²) in [5.41, 5.74) is 0.0514. The monoisotopic (exact) mass is 483 g/mol. The summed E-state index contributed by atoms with van der Waals surface area (Å²) in [6.45, 7) is 1.65. The van der Waals surface area contributed by atoms with Crippen molar-refractivity contribution in [3.05, 3.63) is 101 Å². The second kappa shape index (κ2) is 9.56. The van der Waals surface area contributed by atoms with Crippen molar-refractivity contribution in [1.82, 2.24) is 10.6 Å². The number of para-hydroxylation sites is 2. The number of hydrogen-bond donors (Lipinski definition) is 3. The minimum Gasteiger partial charge on any atom is -0.457 e. The van der Waals surface area contributed by atoms with Crippen LogP contribution in [0.4, 0.5) is 18.9 Å². The number of halogens is 3. The fourth-order valence-electron chi connectivity index (χ4n) is 3.66. The lowest BCUT2D eigenvalue weighted by Crippen LogP contribution is -2.45. The van der Waals surface area contributed by atoms with Gasteiger partial charge in [0.15, 0.2) is 5.11 Å². The van der Waals surface area contributed by atoms with Crippen LogP contribution >= 0.6 is 12.2 Å². The Kier molecular flexibility index (Phi) is 6.56. The van der Waals surface area contributed by atoms with Gasteiger partial charge in [-0.2, -0.15) is 13.2 Å². The second-order valence-electron chi connectivity index (χ2n) is 7.56. The zero-order valence-corrected chi connectivity index (χ0v) is 18.8. The Morgan fingerprint density at radius 3 is 2.38 bits per heavy atom. The molecule has 0 aliphatic carbocycles. The minimum atomic E-state index is -4.61. The Bertz CT molecular complexity index is 1260. The first kappa shape index (κ1) is 23.3. The maximum absolute atomic E-state index is 13.4. The van der Waals surface area contributed by atoms with Crippen LogP contribution in [0, 0.1) is 0 Å². The van der Waals surface area contributed by atoms with Gasteiger partial charge >= 0.3 is 6.18 Å². The highest BCUT2D eigenvalue weighted by Crippen LogP contribution is 2.36. The largest absolute Gasteiger partial charge is 0.457 e. The van der Waals surface area contributed by atoms with Gasteiger partial charge in [0.1, 0.15) is 11.5 Å². The van der Waals surface area contributed by atoms with E-state index in [-0.39, 0.29) is 11.3 Å². The molecule has 5 nitrogen and oxygen atoms in total. The Hall–Kier alpha value is -3.85. The molecule has 174 valence electrons. The van der Waals surface area contributed by atoms with Gasteiger partial charge in [-0.15, -0.1) is 0 Å². The van der Waals surface area contributed by atoms with Crippen LogP contribution in [0.25, 0.3) is 0 Å². The number of anilines is 1. The van der Waals surface area contributed by atoms with Gasteiger partial charge < -0.3 is 20.7 Å². The molecule has 3 aromatic carbocycles. The van der Waals surface area contributed by atoms with Crippen LogP contribution in [0.15, 0.2) is 90.1 Å². The van der Waals surface area contributed by atoms with E-state index in [1.165, 1.54) is 18.2 Å². The first-order chi connectivity index (χ1) is 16.2. The molecule has 1 atom stereocenters. The van der Waals surface area contributed by atoms with Crippen molar-refractivity contribution in [2.75, 3.05) is 5.32 Å². The predicted molar refractivity (Wildman–Crippen MR) is 127 cm³/mol. The number of carbonyl (C=O) groups is 1. The highest BCUT2D eigenvalue weighted by Gasteiger charge is 2.35. The van der Waals surface area contributed by atoms with Gasteiger partial charge in [-0.1, -0.05) is 42.5 Å². The molecule has 1 amide bonds. The summed E-state index contributed by atoms with van der Waals surface area (Å²) in [6.07, 6.45) is -4.61. The quantitative estimate of drug-likeness (QED) is 0.393. The number of nitrogens with one attached hydrogen (secondary N) is 3. The van der Waals surface area contributed by atoms with Crippen LogP contribution < -0.4 is 20.7 Å². The SMILES string of the molecule is CC1=C(C(=O)Nc2ccccc2C(F)(F)F)[C@H](c2cccc(Oc3ccccc3)c2)NC(=S)N1. The van der Waals surface area contributed by atoms with Gasteiger partial charge in [0, 0.05) is 5.70 Å². The van der Waals surface area contributed by atoms with E-state index in [0.29, 0.717) is 27.9 Å². The minimum absolute atomic E-state index is 0.211. The van der Waals surface area contributed by atoms with E-state index in [1.807, 2.05) is 30.3 Å². The predicted octanol–water partition coefficient (Wildman–Crippen LogP) is 5.93. The van der Waals surface area contributed by atoms with Crippen LogP contribution in [0.1, 0.15) is 24.1 Å². The third-order valence-electron chi connectivity index (χ3n) is 5.16. The molecule has 0 fully saturated rings. The number of benzene rings is 3. The van der Waals surface area contributed by atoms with Crippen LogP contribution in [0.3, 0.4) is 0 Å². The Balaban J connectivity index is 1.66. The van der Waals surface area contributed by atoms with Gasteiger partial charge in [0.25, 0.3) is 5.91 Å². The molecule has 34 heavy (non-hydrogen) atoms. The number of allylic oxidation sites excluding steroid dienone is 1. The number of thiocarbonyl (C=S) groups is 1. The lowest BCUT2D eigenvalue weighted by Gasteiger charge is -2.30. The number of carbonyl (C=O) groups excluding carboxylic acids is 1. The number of amides is 1. The number of ether oxygens (including phenoxy) is 1. The van der Waals surface area contributed by atoms with E-state index in [4.69, 9.17) is 17.0 Å². The molecule has 9 heteroatoms. The normalized spacial score (nSPS) is 15.9. The summed E-state index contributed by atoms with van der Waals surface area (Å²) in [6, 6.07) is 20.4. The molecule has 1 heterocycles. The van der Waals surface area contributed by atoms with E-state index >= 15 is 0 Å². The molecule has 0 saturated heterocycles. The lowest BCUT2D eigenvalue weighted by molar-refractivity contribution is -0.137. The van der Waals surface area contributed by atoms with Crippen molar-refractivity contribution in [1.29, 1.82) is 0 Å². The summed E-state index contributed by atoms with van der Waals surface area (Å²) in [5, 5.41) is 8.63. The van der Waals surface area contributed by atoms with Crippen molar-refractivity contribution in [3.63, 3.8) is 0 Å². The molecule has 0 bridgehead atoms. The van der Waals surface area contributed by atoms with Crippen LogP contribution in [-0.2, 0) is 11.0 Å². The lowest BCUT2D eigenvalue weighted by atomic mass is 9.94. The van der Waals surface area contributed by atoms with Crippen LogP contribution in [-0.4, -0.2) is 11.0 Å². The van der Waals surface area contributed by atoms with Crippen molar-refractivity contribution < 1.29 is 22.7 Å². The molecule has 3 aromatic rings. The fourth-order valence-corrected chi connectivity index (χ4v) is 3.93. The Morgan fingerprint density at radius 2 is 1.65 bits per heavy atom. The highest BCUT2D eigenvalue weighted by molar-refractivity contribution is 7.80. The molecule has 0 aromatic heterocycles. The van der Waals surface area contributed by atoms with E-state index in [1.54, 1.807) is 31.2 Å².